The van der Waals surface area contributed by atoms with E-state index in [9.17, 15) is 8.42 Å². The summed E-state index contributed by atoms with van der Waals surface area (Å²) in [7, 11) is -3.41. The van der Waals surface area contributed by atoms with Crippen molar-refractivity contribution in [2.45, 2.75) is 13.5 Å². The molecule has 2 aromatic rings. The van der Waals surface area contributed by atoms with E-state index in [1.807, 2.05) is 31.3 Å². The van der Waals surface area contributed by atoms with Gasteiger partial charge < -0.3 is 0 Å². The molecule has 0 aliphatic carbocycles. The Labute approximate surface area is 130 Å². The molecule has 0 spiro atoms. The topological polar surface area (TPSA) is 64.0 Å². The van der Waals surface area contributed by atoms with Crippen molar-refractivity contribution in [1.82, 2.24) is 9.78 Å². The van der Waals surface area contributed by atoms with Crippen molar-refractivity contribution in [1.29, 1.82) is 0 Å². The van der Waals surface area contributed by atoms with Crippen LogP contribution in [-0.4, -0.2) is 29.8 Å². The summed E-state index contributed by atoms with van der Waals surface area (Å²) in [5, 5.41) is 4.13. The minimum absolute atomic E-state index is 0.00655. The second-order valence-corrected chi connectivity index (χ2v) is 7.08. The largest absolute Gasteiger partial charge is 0.283 e. The Morgan fingerprint density at radius 3 is 2.76 bits per heavy atom. The molecular weight excluding hydrogens is 310 g/mol. The van der Waals surface area contributed by atoms with Crippen LogP contribution in [0.3, 0.4) is 0 Å². The first kappa shape index (κ1) is 15.9. The van der Waals surface area contributed by atoms with Crippen molar-refractivity contribution in [2.24, 2.45) is 5.92 Å². The molecule has 2 rings (SSSR count). The van der Waals surface area contributed by atoms with Crippen LogP contribution >= 0.6 is 11.6 Å². The molecule has 7 heteroatoms. The van der Waals surface area contributed by atoms with Crippen LogP contribution in [0.25, 0.3) is 0 Å². The molecule has 0 saturated heterocycles. The standard InChI is InChI=1S/C14H18ClN3O2S/c1-12(9-15)11-21(19,20)17-14-6-3-2-5-13(14)10-18-8-4-7-16-18/h2-8,12,17H,9-11H2,1H3. The van der Waals surface area contributed by atoms with E-state index in [-0.39, 0.29) is 11.7 Å². The average molecular weight is 328 g/mol. The molecular formula is C14H18ClN3O2S. The Bertz CT molecular complexity index is 671. The van der Waals surface area contributed by atoms with E-state index >= 15 is 0 Å². The number of benzene rings is 1. The van der Waals surface area contributed by atoms with E-state index in [0.29, 0.717) is 18.1 Å². The summed E-state index contributed by atoms with van der Waals surface area (Å²) in [6.45, 7) is 2.32. The monoisotopic (exact) mass is 327 g/mol. The quantitative estimate of drug-likeness (QED) is 0.795. The lowest BCUT2D eigenvalue weighted by molar-refractivity contribution is 0.588. The van der Waals surface area contributed by atoms with Crippen LogP contribution in [0.15, 0.2) is 42.7 Å². The first-order chi connectivity index (χ1) is 10.00. The molecule has 1 aromatic heterocycles. The third-order valence-corrected chi connectivity index (χ3v) is 5.01. The number of rotatable bonds is 7. The van der Waals surface area contributed by atoms with E-state index in [0.717, 1.165) is 5.56 Å². The zero-order chi connectivity index (χ0) is 15.3. The molecule has 1 unspecified atom stereocenters. The van der Waals surface area contributed by atoms with Gasteiger partial charge in [-0.25, -0.2) is 8.42 Å². The fraction of sp³-hybridized carbons (Fsp3) is 0.357. The highest BCUT2D eigenvalue weighted by atomic mass is 35.5. The molecule has 0 saturated carbocycles. The SMILES string of the molecule is CC(CCl)CS(=O)(=O)Nc1ccccc1Cn1cccn1. The third-order valence-electron chi connectivity index (χ3n) is 2.94. The van der Waals surface area contributed by atoms with Crippen LogP contribution in [-0.2, 0) is 16.6 Å². The molecule has 0 bridgehead atoms. The van der Waals surface area contributed by atoms with Gasteiger partial charge in [-0.1, -0.05) is 25.1 Å². The van der Waals surface area contributed by atoms with Crippen molar-refractivity contribution < 1.29 is 8.42 Å². The summed E-state index contributed by atoms with van der Waals surface area (Å²) < 4.78 is 28.6. The highest BCUT2D eigenvalue weighted by Crippen LogP contribution is 2.18. The summed E-state index contributed by atoms with van der Waals surface area (Å²) in [4.78, 5) is 0. The van der Waals surface area contributed by atoms with Crippen molar-refractivity contribution in [3.05, 3.63) is 48.3 Å². The smallest absolute Gasteiger partial charge is 0.233 e. The molecule has 114 valence electrons. The molecule has 1 aromatic carbocycles. The lowest BCUT2D eigenvalue weighted by atomic mass is 10.2. The molecule has 1 N–H and O–H groups in total. The fourth-order valence-corrected chi connectivity index (χ4v) is 3.68. The second-order valence-electron chi connectivity index (χ2n) is 5.00. The molecule has 0 aliphatic rings. The van der Waals surface area contributed by atoms with Crippen LogP contribution < -0.4 is 4.72 Å². The number of hydrogen-bond donors (Lipinski definition) is 1. The molecule has 0 fully saturated rings. The number of aromatic nitrogens is 2. The number of halogens is 1. The van der Waals surface area contributed by atoms with Crippen LogP contribution in [0.5, 0.6) is 0 Å². The van der Waals surface area contributed by atoms with Gasteiger partial charge in [-0.3, -0.25) is 9.40 Å². The molecule has 21 heavy (non-hydrogen) atoms. The first-order valence-electron chi connectivity index (χ1n) is 6.62. The van der Waals surface area contributed by atoms with Gasteiger partial charge in [0.2, 0.25) is 10.0 Å². The maximum absolute atomic E-state index is 12.1. The van der Waals surface area contributed by atoms with Crippen molar-refractivity contribution in [3.63, 3.8) is 0 Å². The Kier molecular flexibility index (Phi) is 5.25. The second kappa shape index (κ2) is 6.95. The predicted molar refractivity (Wildman–Crippen MR) is 85.1 cm³/mol. The molecule has 0 aliphatic heterocycles. The van der Waals surface area contributed by atoms with Gasteiger partial charge in [0, 0.05) is 18.3 Å². The number of para-hydroxylation sites is 1. The zero-order valence-corrected chi connectivity index (χ0v) is 13.3. The van der Waals surface area contributed by atoms with Gasteiger partial charge in [0.05, 0.1) is 18.0 Å². The number of anilines is 1. The van der Waals surface area contributed by atoms with Gasteiger partial charge in [-0.15, -0.1) is 11.6 Å². The normalized spacial score (nSPS) is 13.0. The Hall–Kier alpha value is -1.53. The number of sulfonamides is 1. The number of nitrogens with zero attached hydrogens (tertiary/aromatic N) is 2. The Morgan fingerprint density at radius 2 is 2.10 bits per heavy atom. The highest BCUT2D eigenvalue weighted by Gasteiger charge is 2.16. The zero-order valence-electron chi connectivity index (χ0n) is 11.7. The Balaban J connectivity index is 2.16. The van der Waals surface area contributed by atoms with Gasteiger partial charge >= 0.3 is 0 Å². The van der Waals surface area contributed by atoms with E-state index in [4.69, 9.17) is 11.6 Å². The summed E-state index contributed by atoms with van der Waals surface area (Å²) in [5.41, 5.74) is 1.44. The van der Waals surface area contributed by atoms with Crippen LogP contribution in [0, 0.1) is 5.92 Å². The minimum Gasteiger partial charge on any atom is -0.283 e. The van der Waals surface area contributed by atoms with E-state index < -0.39 is 10.0 Å². The van der Waals surface area contributed by atoms with E-state index in [1.165, 1.54) is 0 Å². The van der Waals surface area contributed by atoms with Crippen molar-refractivity contribution >= 4 is 27.3 Å². The molecule has 0 radical (unpaired) electrons. The average Bonchev–Trinajstić information content (AvgIpc) is 2.93. The van der Waals surface area contributed by atoms with E-state index in [2.05, 4.69) is 9.82 Å². The number of alkyl halides is 1. The van der Waals surface area contributed by atoms with Crippen LogP contribution in [0.4, 0.5) is 5.69 Å². The lowest BCUT2D eigenvalue weighted by Gasteiger charge is -2.14. The van der Waals surface area contributed by atoms with Crippen molar-refractivity contribution in [3.8, 4) is 0 Å². The number of nitrogens with one attached hydrogen (secondary N) is 1. The van der Waals surface area contributed by atoms with Crippen LogP contribution in [0.1, 0.15) is 12.5 Å². The highest BCUT2D eigenvalue weighted by molar-refractivity contribution is 7.92. The van der Waals surface area contributed by atoms with Gasteiger partial charge in [-0.2, -0.15) is 5.10 Å². The minimum atomic E-state index is -3.41. The lowest BCUT2D eigenvalue weighted by Crippen LogP contribution is -2.23. The maximum atomic E-state index is 12.1. The predicted octanol–water partition coefficient (Wildman–Crippen LogP) is 2.55. The van der Waals surface area contributed by atoms with Gasteiger partial charge in [0.25, 0.3) is 0 Å². The molecule has 1 atom stereocenters. The van der Waals surface area contributed by atoms with Crippen LogP contribution in [0.2, 0.25) is 0 Å². The summed E-state index contributed by atoms with van der Waals surface area (Å²) in [6, 6.07) is 9.13. The maximum Gasteiger partial charge on any atom is 0.233 e. The third kappa shape index (κ3) is 4.75. The summed E-state index contributed by atoms with van der Waals surface area (Å²) >= 11 is 5.68. The number of hydrogen-bond acceptors (Lipinski definition) is 3. The van der Waals surface area contributed by atoms with E-state index in [1.54, 1.807) is 23.0 Å². The summed E-state index contributed by atoms with van der Waals surface area (Å²) in [5.74, 6) is 0.227. The molecule has 1 heterocycles. The van der Waals surface area contributed by atoms with Crippen molar-refractivity contribution in [2.75, 3.05) is 16.4 Å². The first-order valence-corrected chi connectivity index (χ1v) is 8.80. The van der Waals surface area contributed by atoms with Gasteiger partial charge in [-0.05, 0) is 23.6 Å². The summed E-state index contributed by atoms with van der Waals surface area (Å²) in [6.07, 6.45) is 3.52. The molecule has 5 nitrogen and oxygen atoms in total. The van der Waals surface area contributed by atoms with Gasteiger partial charge in [0.15, 0.2) is 0 Å². The van der Waals surface area contributed by atoms with Gasteiger partial charge in [0.1, 0.15) is 0 Å². The Morgan fingerprint density at radius 1 is 1.33 bits per heavy atom. The molecule has 0 amide bonds. The fourth-order valence-electron chi connectivity index (χ4n) is 1.95.